The summed E-state index contributed by atoms with van der Waals surface area (Å²) in [5.41, 5.74) is 0.821. The predicted octanol–water partition coefficient (Wildman–Crippen LogP) is 1.03. The summed E-state index contributed by atoms with van der Waals surface area (Å²) in [6.07, 6.45) is 0.830. The van der Waals surface area contributed by atoms with Gasteiger partial charge in [0.05, 0.1) is 6.10 Å². The normalized spacial score (nSPS) is 11.9. The summed E-state index contributed by atoms with van der Waals surface area (Å²) in [6.45, 7) is 3.45. The second-order valence-corrected chi connectivity index (χ2v) is 3.43. The van der Waals surface area contributed by atoms with Crippen molar-refractivity contribution >= 4 is 5.91 Å². The van der Waals surface area contributed by atoms with Crippen LogP contribution in [0.15, 0.2) is 36.9 Å². The molecule has 1 aromatic rings. The molecule has 0 fully saturated rings. The Kier molecular flexibility index (Phi) is 4.66. The van der Waals surface area contributed by atoms with Crippen LogP contribution >= 0.6 is 0 Å². The molecule has 1 amide bonds. The van der Waals surface area contributed by atoms with E-state index in [-0.39, 0.29) is 18.3 Å². The van der Waals surface area contributed by atoms with Crippen LogP contribution in [-0.4, -0.2) is 23.7 Å². The van der Waals surface area contributed by atoms with Crippen molar-refractivity contribution in [1.82, 2.24) is 5.32 Å². The van der Waals surface area contributed by atoms with E-state index in [4.69, 9.17) is 0 Å². The van der Waals surface area contributed by atoms with E-state index in [1.807, 2.05) is 0 Å². The van der Waals surface area contributed by atoms with Gasteiger partial charge < -0.3 is 10.4 Å². The minimum absolute atomic E-state index is 0.155. The minimum Gasteiger partial charge on any atom is -0.391 e. The fourth-order valence-electron chi connectivity index (χ4n) is 1.26. The van der Waals surface area contributed by atoms with Crippen molar-refractivity contribution in [1.29, 1.82) is 0 Å². The first-order valence-electron chi connectivity index (χ1n) is 4.94. The highest BCUT2D eigenvalue weighted by atomic mass is 19.1. The lowest BCUT2D eigenvalue weighted by Crippen LogP contribution is -2.31. The van der Waals surface area contributed by atoms with Gasteiger partial charge in [-0.1, -0.05) is 18.7 Å². The topological polar surface area (TPSA) is 49.3 Å². The van der Waals surface area contributed by atoms with Gasteiger partial charge >= 0.3 is 0 Å². The molecule has 0 bridgehead atoms. The smallest absolute Gasteiger partial charge is 0.243 e. The SMILES string of the molecule is C=CC(=O)NCC(O)Cc1ccc(F)cc1. The minimum atomic E-state index is -0.686. The van der Waals surface area contributed by atoms with Crippen molar-refractivity contribution in [3.63, 3.8) is 0 Å². The summed E-state index contributed by atoms with van der Waals surface area (Å²) in [4.78, 5) is 10.8. The average molecular weight is 223 g/mol. The molecule has 3 nitrogen and oxygen atoms in total. The van der Waals surface area contributed by atoms with Crippen molar-refractivity contribution < 1.29 is 14.3 Å². The van der Waals surface area contributed by atoms with Gasteiger partial charge in [0.15, 0.2) is 0 Å². The zero-order valence-corrected chi connectivity index (χ0v) is 8.82. The van der Waals surface area contributed by atoms with Crippen LogP contribution in [0.1, 0.15) is 5.56 Å². The van der Waals surface area contributed by atoms with Crippen molar-refractivity contribution in [2.75, 3.05) is 6.54 Å². The summed E-state index contributed by atoms with van der Waals surface area (Å²) >= 11 is 0. The largest absolute Gasteiger partial charge is 0.391 e. The summed E-state index contributed by atoms with van der Waals surface area (Å²) in [5, 5.41) is 12.1. The average Bonchev–Trinajstić information content (AvgIpc) is 2.29. The van der Waals surface area contributed by atoms with E-state index < -0.39 is 6.10 Å². The molecular formula is C12H14FNO2. The number of hydrogen-bond donors (Lipinski definition) is 2. The van der Waals surface area contributed by atoms with Crippen LogP contribution in [0.25, 0.3) is 0 Å². The van der Waals surface area contributed by atoms with Crippen LogP contribution in [0.3, 0.4) is 0 Å². The van der Waals surface area contributed by atoms with Crippen molar-refractivity contribution in [3.05, 3.63) is 48.3 Å². The van der Waals surface area contributed by atoms with Crippen LogP contribution in [0.4, 0.5) is 4.39 Å². The van der Waals surface area contributed by atoms with Crippen LogP contribution in [-0.2, 0) is 11.2 Å². The second kappa shape index (κ2) is 6.02. The molecule has 0 aliphatic heterocycles. The van der Waals surface area contributed by atoms with Gasteiger partial charge in [0, 0.05) is 13.0 Å². The molecule has 0 aliphatic rings. The first-order valence-corrected chi connectivity index (χ1v) is 4.94. The number of nitrogens with one attached hydrogen (secondary N) is 1. The van der Waals surface area contributed by atoms with E-state index in [9.17, 15) is 14.3 Å². The quantitative estimate of drug-likeness (QED) is 0.732. The van der Waals surface area contributed by atoms with Gasteiger partial charge in [-0.25, -0.2) is 4.39 Å². The number of carbonyl (C=O) groups excluding carboxylic acids is 1. The molecule has 1 unspecified atom stereocenters. The first-order chi connectivity index (χ1) is 7.61. The molecule has 0 aliphatic carbocycles. The lowest BCUT2D eigenvalue weighted by molar-refractivity contribution is -0.116. The van der Waals surface area contributed by atoms with Crippen LogP contribution < -0.4 is 5.32 Å². The molecular weight excluding hydrogens is 209 g/mol. The molecule has 2 N–H and O–H groups in total. The number of rotatable bonds is 5. The Morgan fingerprint density at radius 2 is 2.12 bits per heavy atom. The second-order valence-electron chi connectivity index (χ2n) is 3.43. The number of hydrogen-bond acceptors (Lipinski definition) is 2. The summed E-state index contributed by atoms with van der Waals surface area (Å²) < 4.78 is 12.6. The van der Waals surface area contributed by atoms with Gasteiger partial charge in [-0.3, -0.25) is 4.79 Å². The standard InChI is InChI=1S/C12H14FNO2/c1-2-12(16)14-8-11(15)7-9-3-5-10(13)6-4-9/h2-6,11,15H,1,7-8H2,(H,14,16). The number of aliphatic hydroxyl groups is 1. The lowest BCUT2D eigenvalue weighted by atomic mass is 10.1. The summed E-state index contributed by atoms with van der Waals surface area (Å²) in [7, 11) is 0. The highest BCUT2D eigenvalue weighted by molar-refractivity contribution is 5.86. The summed E-state index contributed by atoms with van der Waals surface area (Å²) in [6, 6.07) is 5.89. The molecule has 4 heteroatoms. The highest BCUT2D eigenvalue weighted by Crippen LogP contribution is 2.05. The van der Waals surface area contributed by atoms with E-state index >= 15 is 0 Å². The van der Waals surface area contributed by atoms with Crippen LogP contribution in [0, 0.1) is 5.82 Å². The van der Waals surface area contributed by atoms with Gasteiger partial charge in [-0.05, 0) is 23.8 Å². The Balaban J connectivity index is 2.39. The number of carbonyl (C=O) groups is 1. The van der Waals surface area contributed by atoms with E-state index in [1.165, 1.54) is 12.1 Å². The maximum absolute atomic E-state index is 12.6. The Hall–Kier alpha value is -1.68. The zero-order valence-electron chi connectivity index (χ0n) is 8.82. The zero-order chi connectivity index (χ0) is 12.0. The van der Waals surface area contributed by atoms with Gasteiger partial charge in [0.1, 0.15) is 5.82 Å². The molecule has 0 saturated carbocycles. The monoisotopic (exact) mass is 223 g/mol. The Morgan fingerprint density at radius 3 is 2.69 bits per heavy atom. The summed E-state index contributed by atoms with van der Waals surface area (Å²) in [5.74, 6) is -0.628. The molecule has 0 spiro atoms. The lowest BCUT2D eigenvalue weighted by Gasteiger charge is -2.10. The number of benzene rings is 1. The van der Waals surface area contributed by atoms with E-state index in [2.05, 4.69) is 11.9 Å². The molecule has 1 aromatic carbocycles. The van der Waals surface area contributed by atoms with Gasteiger partial charge in [0.2, 0.25) is 5.91 Å². The molecule has 1 rings (SSSR count). The van der Waals surface area contributed by atoms with Crippen molar-refractivity contribution in [2.24, 2.45) is 0 Å². The maximum Gasteiger partial charge on any atom is 0.243 e. The van der Waals surface area contributed by atoms with Crippen molar-refractivity contribution in [3.8, 4) is 0 Å². The van der Waals surface area contributed by atoms with Gasteiger partial charge in [0.25, 0.3) is 0 Å². The molecule has 86 valence electrons. The maximum atomic E-state index is 12.6. The third-order valence-corrected chi connectivity index (χ3v) is 2.08. The Labute approximate surface area is 93.6 Å². The van der Waals surface area contributed by atoms with E-state index in [0.717, 1.165) is 11.6 Å². The Bertz CT molecular complexity index is 362. The molecule has 0 radical (unpaired) electrons. The number of amides is 1. The third-order valence-electron chi connectivity index (χ3n) is 2.08. The molecule has 1 atom stereocenters. The molecule has 16 heavy (non-hydrogen) atoms. The fourth-order valence-corrected chi connectivity index (χ4v) is 1.26. The van der Waals surface area contributed by atoms with Crippen molar-refractivity contribution in [2.45, 2.75) is 12.5 Å². The highest BCUT2D eigenvalue weighted by Gasteiger charge is 2.06. The van der Waals surface area contributed by atoms with E-state index in [0.29, 0.717) is 6.42 Å². The van der Waals surface area contributed by atoms with Gasteiger partial charge in [-0.15, -0.1) is 0 Å². The predicted molar refractivity (Wildman–Crippen MR) is 59.3 cm³/mol. The fraction of sp³-hybridized carbons (Fsp3) is 0.250. The number of halogens is 1. The molecule has 0 saturated heterocycles. The molecule has 0 heterocycles. The third kappa shape index (κ3) is 4.23. The Morgan fingerprint density at radius 1 is 1.50 bits per heavy atom. The van der Waals surface area contributed by atoms with Crippen LogP contribution in [0.2, 0.25) is 0 Å². The van der Waals surface area contributed by atoms with Gasteiger partial charge in [-0.2, -0.15) is 0 Å². The molecule has 0 aromatic heterocycles. The van der Waals surface area contributed by atoms with E-state index in [1.54, 1.807) is 12.1 Å². The first kappa shape index (κ1) is 12.4. The van der Waals surface area contributed by atoms with Crippen LogP contribution in [0.5, 0.6) is 0 Å². The number of aliphatic hydroxyl groups excluding tert-OH is 1.